The van der Waals surface area contributed by atoms with Crippen molar-refractivity contribution in [3.63, 3.8) is 0 Å². The van der Waals surface area contributed by atoms with Crippen LogP contribution in [-0.2, 0) is 9.84 Å². The van der Waals surface area contributed by atoms with Gasteiger partial charge < -0.3 is 0 Å². The van der Waals surface area contributed by atoms with E-state index >= 15 is 0 Å². The van der Waals surface area contributed by atoms with Crippen LogP contribution in [0.2, 0.25) is 0 Å². The van der Waals surface area contributed by atoms with Crippen LogP contribution < -0.4 is 0 Å². The Bertz CT molecular complexity index is 309. The van der Waals surface area contributed by atoms with Crippen LogP contribution in [0.1, 0.15) is 32.1 Å². The number of hydrogen-bond acceptors (Lipinski definition) is 2. The quantitative estimate of drug-likeness (QED) is 0.568. The molecule has 1 aliphatic carbocycles. The number of sulfone groups is 1. The molecule has 88 valence electrons. The standard InChI is InChI=1S/C11H19ClO2S/c1-15(13,14)11-7-4-6-10(9-11)5-2-3-8-12/h2,5,10-11H,3-4,6-9H2,1H3. The van der Waals surface area contributed by atoms with E-state index in [1.54, 1.807) is 0 Å². The van der Waals surface area contributed by atoms with Crippen molar-refractivity contribution in [2.45, 2.75) is 37.4 Å². The first-order valence-corrected chi connectivity index (χ1v) is 7.94. The molecule has 0 aliphatic heterocycles. The summed E-state index contributed by atoms with van der Waals surface area (Å²) in [5, 5.41) is -0.128. The van der Waals surface area contributed by atoms with Crippen molar-refractivity contribution in [3.8, 4) is 0 Å². The molecule has 1 saturated carbocycles. The normalized spacial score (nSPS) is 28.4. The molecule has 0 spiro atoms. The first-order chi connectivity index (χ1) is 7.04. The van der Waals surface area contributed by atoms with Crippen molar-refractivity contribution in [1.82, 2.24) is 0 Å². The smallest absolute Gasteiger partial charge is 0.150 e. The highest BCUT2D eigenvalue weighted by Crippen LogP contribution is 2.29. The third kappa shape index (κ3) is 4.56. The Kier molecular flexibility index (Phi) is 5.13. The summed E-state index contributed by atoms with van der Waals surface area (Å²) in [6.45, 7) is 0. The summed E-state index contributed by atoms with van der Waals surface area (Å²) >= 11 is 5.57. The Balaban J connectivity index is 2.49. The van der Waals surface area contributed by atoms with Crippen molar-refractivity contribution in [3.05, 3.63) is 12.2 Å². The molecule has 0 aromatic carbocycles. The largest absolute Gasteiger partial charge is 0.229 e. The monoisotopic (exact) mass is 250 g/mol. The van der Waals surface area contributed by atoms with Crippen molar-refractivity contribution in [2.75, 3.05) is 12.1 Å². The van der Waals surface area contributed by atoms with Crippen molar-refractivity contribution in [1.29, 1.82) is 0 Å². The molecule has 1 fully saturated rings. The Morgan fingerprint density at radius 1 is 1.40 bits per heavy atom. The van der Waals surface area contributed by atoms with E-state index in [1.807, 2.05) is 0 Å². The number of alkyl halides is 1. The summed E-state index contributed by atoms with van der Waals surface area (Å²) in [5.74, 6) is 1.07. The van der Waals surface area contributed by atoms with Crippen LogP contribution in [-0.4, -0.2) is 25.8 Å². The first-order valence-electron chi connectivity index (χ1n) is 5.45. The zero-order valence-electron chi connectivity index (χ0n) is 9.15. The van der Waals surface area contributed by atoms with Crippen LogP contribution in [0.25, 0.3) is 0 Å². The maximum Gasteiger partial charge on any atom is 0.150 e. The van der Waals surface area contributed by atoms with Gasteiger partial charge in [-0.2, -0.15) is 0 Å². The molecule has 0 amide bonds. The van der Waals surface area contributed by atoms with E-state index in [2.05, 4.69) is 12.2 Å². The predicted molar refractivity (Wildman–Crippen MR) is 65.1 cm³/mol. The summed E-state index contributed by atoms with van der Waals surface area (Å²) in [6.07, 6.45) is 10.2. The van der Waals surface area contributed by atoms with Gasteiger partial charge in [0.2, 0.25) is 0 Å². The molecule has 0 saturated heterocycles. The molecule has 2 unspecified atom stereocenters. The van der Waals surface area contributed by atoms with Gasteiger partial charge in [0.1, 0.15) is 9.84 Å². The van der Waals surface area contributed by atoms with Gasteiger partial charge in [-0.3, -0.25) is 0 Å². The van der Waals surface area contributed by atoms with Crippen molar-refractivity contribution in [2.24, 2.45) is 5.92 Å². The Labute approximate surface area is 97.6 Å². The molecule has 4 heteroatoms. The lowest BCUT2D eigenvalue weighted by Crippen LogP contribution is -2.26. The third-order valence-electron chi connectivity index (χ3n) is 2.96. The van der Waals surface area contributed by atoms with Gasteiger partial charge in [0, 0.05) is 12.1 Å². The number of hydrogen-bond donors (Lipinski definition) is 0. The fourth-order valence-electron chi connectivity index (χ4n) is 2.10. The molecule has 1 aliphatic rings. The van der Waals surface area contributed by atoms with E-state index in [0.29, 0.717) is 11.8 Å². The molecular weight excluding hydrogens is 232 g/mol. The maximum absolute atomic E-state index is 11.4. The van der Waals surface area contributed by atoms with Gasteiger partial charge in [0.15, 0.2) is 0 Å². The lowest BCUT2D eigenvalue weighted by Gasteiger charge is -2.25. The van der Waals surface area contributed by atoms with Gasteiger partial charge in [0.25, 0.3) is 0 Å². The van der Waals surface area contributed by atoms with E-state index in [-0.39, 0.29) is 5.25 Å². The second kappa shape index (κ2) is 5.90. The summed E-state index contributed by atoms with van der Waals surface area (Å²) in [4.78, 5) is 0. The second-order valence-corrected chi connectivity index (χ2v) is 6.99. The average Bonchev–Trinajstić information content (AvgIpc) is 2.17. The molecule has 0 N–H and O–H groups in total. The molecule has 2 nitrogen and oxygen atoms in total. The molecule has 1 rings (SSSR count). The van der Waals surface area contributed by atoms with E-state index in [9.17, 15) is 8.42 Å². The van der Waals surface area contributed by atoms with Gasteiger partial charge >= 0.3 is 0 Å². The lowest BCUT2D eigenvalue weighted by atomic mass is 9.88. The van der Waals surface area contributed by atoms with E-state index in [4.69, 9.17) is 11.6 Å². The van der Waals surface area contributed by atoms with Crippen molar-refractivity contribution < 1.29 is 8.42 Å². The predicted octanol–water partition coefficient (Wildman–Crippen LogP) is 2.77. The summed E-state index contributed by atoms with van der Waals surface area (Å²) in [6, 6.07) is 0. The minimum Gasteiger partial charge on any atom is -0.229 e. The fraction of sp³-hybridized carbons (Fsp3) is 0.818. The molecule has 0 aromatic heterocycles. The van der Waals surface area contributed by atoms with Crippen LogP contribution in [0, 0.1) is 5.92 Å². The summed E-state index contributed by atoms with van der Waals surface area (Å²) in [7, 11) is -2.85. The van der Waals surface area contributed by atoms with E-state index in [1.165, 1.54) is 6.26 Å². The lowest BCUT2D eigenvalue weighted by molar-refractivity contribution is 0.414. The molecule has 2 atom stereocenters. The summed E-state index contributed by atoms with van der Waals surface area (Å²) in [5.41, 5.74) is 0. The van der Waals surface area contributed by atoms with Gasteiger partial charge in [-0.25, -0.2) is 8.42 Å². The van der Waals surface area contributed by atoms with Gasteiger partial charge in [-0.05, 0) is 31.6 Å². The maximum atomic E-state index is 11.4. The highest BCUT2D eigenvalue weighted by Gasteiger charge is 2.27. The number of halogens is 1. The van der Waals surface area contributed by atoms with Crippen LogP contribution >= 0.6 is 11.6 Å². The number of rotatable bonds is 4. The van der Waals surface area contributed by atoms with Crippen molar-refractivity contribution >= 4 is 21.4 Å². The highest BCUT2D eigenvalue weighted by molar-refractivity contribution is 7.91. The molecule has 0 heterocycles. The van der Waals surface area contributed by atoms with Crippen LogP contribution in [0.15, 0.2) is 12.2 Å². The molecule has 15 heavy (non-hydrogen) atoms. The van der Waals surface area contributed by atoms with Crippen LogP contribution in [0.4, 0.5) is 0 Å². The first kappa shape index (κ1) is 13.0. The Morgan fingerprint density at radius 3 is 2.73 bits per heavy atom. The van der Waals surface area contributed by atoms with Gasteiger partial charge in [-0.15, -0.1) is 11.6 Å². The SMILES string of the molecule is CS(=O)(=O)C1CCCC(C=CCCCl)C1. The third-order valence-corrected chi connectivity index (χ3v) is 4.81. The molecule has 0 bridgehead atoms. The van der Waals surface area contributed by atoms with Gasteiger partial charge in [-0.1, -0.05) is 18.6 Å². The topological polar surface area (TPSA) is 34.1 Å². The minimum absolute atomic E-state index is 0.128. The minimum atomic E-state index is -2.85. The summed E-state index contributed by atoms with van der Waals surface area (Å²) < 4.78 is 22.8. The highest BCUT2D eigenvalue weighted by atomic mass is 35.5. The zero-order valence-corrected chi connectivity index (χ0v) is 10.7. The second-order valence-electron chi connectivity index (χ2n) is 4.28. The molecule has 0 aromatic rings. The molecule has 0 radical (unpaired) electrons. The zero-order chi connectivity index (χ0) is 11.3. The van der Waals surface area contributed by atoms with E-state index < -0.39 is 9.84 Å². The average molecular weight is 251 g/mol. The van der Waals surface area contributed by atoms with Crippen LogP contribution in [0.3, 0.4) is 0 Å². The molecular formula is C11H19ClO2S. The van der Waals surface area contributed by atoms with Crippen LogP contribution in [0.5, 0.6) is 0 Å². The Hall–Kier alpha value is -0.0200. The van der Waals surface area contributed by atoms with Gasteiger partial charge in [0.05, 0.1) is 5.25 Å². The Morgan fingerprint density at radius 2 is 2.13 bits per heavy atom. The van der Waals surface area contributed by atoms with E-state index in [0.717, 1.165) is 32.1 Å². The fourth-order valence-corrected chi connectivity index (χ4v) is 3.41. The number of allylic oxidation sites excluding steroid dienone is 2.